The van der Waals surface area contributed by atoms with Crippen molar-refractivity contribution in [2.24, 2.45) is 0 Å². The lowest BCUT2D eigenvalue weighted by atomic mass is 10.1. The molecule has 84 valence electrons. The molecule has 3 rings (SSSR count). The molecule has 0 aliphatic rings. The topological polar surface area (TPSA) is 42.2 Å². The SMILES string of the molecule is CNc1cncc(-c2ccc3nccn3c2)c1. The molecular formula is C13H12N4. The number of imidazole rings is 1. The van der Waals surface area contributed by atoms with Crippen LogP contribution in [0.5, 0.6) is 0 Å². The minimum Gasteiger partial charge on any atom is -0.387 e. The molecule has 4 heteroatoms. The average Bonchev–Trinajstić information content (AvgIpc) is 2.86. The normalized spacial score (nSPS) is 10.6. The van der Waals surface area contributed by atoms with Gasteiger partial charge in [0.25, 0.3) is 0 Å². The molecule has 0 spiro atoms. The zero-order chi connectivity index (χ0) is 11.7. The largest absolute Gasteiger partial charge is 0.387 e. The molecule has 0 fully saturated rings. The zero-order valence-corrected chi connectivity index (χ0v) is 9.46. The van der Waals surface area contributed by atoms with Gasteiger partial charge in [0.05, 0.1) is 5.69 Å². The van der Waals surface area contributed by atoms with E-state index in [1.165, 1.54) is 0 Å². The van der Waals surface area contributed by atoms with Gasteiger partial charge in [0.1, 0.15) is 5.65 Å². The number of hydrogen-bond acceptors (Lipinski definition) is 3. The Morgan fingerprint density at radius 3 is 3.00 bits per heavy atom. The van der Waals surface area contributed by atoms with E-state index in [1.54, 1.807) is 12.4 Å². The maximum absolute atomic E-state index is 4.22. The van der Waals surface area contributed by atoms with Crippen molar-refractivity contribution in [3.05, 3.63) is 49.2 Å². The standard InChI is InChI=1S/C13H12N4/c1-14-12-6-11(7-15-8-12)10-2-3-13-16-4-5-17(13)9-10/h2-9,14H,1H3. The molecule has 3 heterocycles. The molecule has 3 aromatic heterocycles. The van der Waals surface area contributed by atoms with Crippen molar-refractivity contribution in [3.63, 3.8) is 0 Å². The van der Waals surface area contributed by atoms with Gasteiger partial charge in [-0.15, -0.1) is 0 Å². The van der Waals surface area contributed by atoms with E-state index >= 15 is 0 Å². The highest BCUT2D eigenvalue weighted by atomic mass is 15.0. The second-order valence-electron chi connectivity index (χ2n) is 3.82. The Morgan fingerprint density at radius 2 is 2.12 bits per heavy atom. The van der Waals surface area contributed by atoms with E-state index in [1.807, 2.05) is 29.9 Å². The summed E-state index contributed by atoms with van der Waals surface area (Å²) < 4.78 is 2.00. The summed E-state index contributed by atoms with van der Waals surface area (Å²) in [6, 6.07) is 6.13. The maximum atomic E-state index is 4.22. The van der Waals surface area contributed by atoms with Crippen molar-refractivity contribution >= 4 is 11.3 Å². The van der Waals surface area contributed by atoms with Crippen LogP contribution in [0.25, 0.3) is 16.8 Å². The molecular weight excluding hydrogens is 212 g/mol. The van der Waals surface area contributed by atoms with Crippen molar-refractivity contribution in [2.45, 2.75) is 0 Å². The molecule has 0 unspecified atom stereocenters. The molecule has 1 N–H and O–H groups in total. The first-order chi connectivity index (χ1) is 8.36. The highest BCUT2D eigenvalue weighted by Crippen LogP contribution is 2.21. The summed E-state index contributed by atoms with van der Waals surface area (Å²) in [5.74, 6) is 0. The van der Waals surface area contributed by atoms with Crippen LogP contribution < -0.4 is 5.32 Å². The van der Waals surface area contributed by atoms with Crippen LogP contribution >= 0.6 is 0 Å². The minimum atomic E-state index is 0.950. The number of pyridine rings is 2. The van der Waals surface area contributed by atoms with E-state index in [-0.39, 0.29) is 0 Å². The van der Waals surface area contributed by atoms with Crippen molar-refractivity contribution in [3.8, 4) is 11.1 Å². The lowest BCUT2D eigenvalue weighted by molar-refractivity contribution is 1.18. The molecule has 0 radical (unpaired) electrons. The van der Waals surface area contributed by atoms with Gasteiger partial charge in [-0.3, -0.25) is 4.98 Å². The van der Waals surface area contributed by atoms with Gasteiger partial charge in [0.2, 0.25) is 0 Å². The van der Waals surface area contributed by atoms with Crippen molar-refractivity contribution in [2.75, 3.05) is 12.4 Å². The molecule has 3 aromatic rings. The van der Waals surface area contributed by atoms with Crippen LogP contribution in [0, 0.1) is 0 Å². The number of anilines is 1. The summed E-state index contributed by atoms with van der Waals surface area (Å²) in [6.07, 6.45) is 9.45. The van der Waals surface area contributed by atoms with Gasteiger partial charge < -0.3 is 9.72 Å². The second kappa shape index (κ2) is 3.90. The number of nitrogens with one attached hydrogen (secondary N) is 1. The second-order valence-corrected chi connectivity index (χ2v) is 3.82. The van der Waals surface area contributed by atoms with Crippen molar-refractivity contribution < 1.29 is 0 Å². The summed E-state index contributed by atoms with van der Waals surface area (Å²) in [4.78, 5) is 8.43. The van der Waals surface area contributed by atoms with Crippen LogP contribution in [0.2, 0.25) is 0 Å². The molecule has 0 amide bonds. The van der Waals surface area contributed by atoms with Gasteiger partial charge in [-0.1, -0.05) is 0 Å². The number of hydrogen-bond donors (Lipinski definition) is 1. The fourth-order valence-corrected chi connectivity index (χ4v) is 1.83. The van der Waals surface area contributed by atoms with Crippen molar-refractivity contribution in [1.82, 2.24) is 14.4 Å². The van der Waals surface area contributed by atoms with Crippen LogP contribution in [0.15, 0.2) is 49.2 Å². The van der Waals surface area contributed by atoms with E-state index in [4.69, 9.17) is 0 Å². The summed E-state index contributed by atoms with van der Waals surface area (Å²) >= 11 is 0. The van der Waals surface area contributed by atoms with Crippen LogP contribution in [0.3, 0.4) is 0 Å². The predicted molar refractivity (Wildman–Crippen MR) is 68.0 cm³/mol. The Labute approximate surface area is 99.0 Å². The van der Waals surface area contributed by atoms with Gasteiger partial charge in [-0.2, -0.15) is 0 Å². The Hall–Kier alpha value is -2.36. The van der Waals surface area contributed by atoms with E-state index in [9.17, 15) is 0 Å². The first-order valence-corrected chi connectivity index (χ1v) is 5.43. The van der Waals surface area contributed by atoms with Gasteiger partial charge in [-0.25, -0.2) is 4.98 Å². The molecule has 17 heavy (non-hydrogen) atoms. The summed E-state index contributed by atoms with van der Waals surface area (Å²) in [6.45, 7) is 0. The summed E-state index contributed by atoms with van der Waals surface area (Å²) in [5.41, 5.74) is 4.17. The Balaban J connectivity index is 2.12. The molecule has 0 saturated heterocycles. The highest BCUT2D eigenvalue weighted by Gasteiger charge is 2.01. The Bertz CT molecular complexity index is 657. The van der Waals surface area contributed by atoms with Crippen LogP contribution in [0.1, 0.15) is 0 Å². The third-order valence-electron chi connectivity index (χ3n) is 2.75. The molecule has 0 saturated carbocycles. The fourth-order valence-electron chi connectivity index (χ4n) is 1.83. The van der Waals surface area contributed by atoms with Gasteiger partial charge in [0.15, 0.2) is 0 Å². The van der Waals surface area contributed by atoms with E-state index in [0.29, 0.717) is 0 Å². The first-order valence-electron chi connectivity index (χ1n) is 5.43. The van der Waals surface area contributed by atoms with E-state index in [2.05, 4.69) is 33.6 Å². The van der Waals surface area contributed by atoms with Crippen molar-refractivity contribution in [1.29, 1.82) is 0 Å². The number of rotatable bonds is 2. The van der Waals surface area contributed by atoms with E-state index in [0.717, 1.165) is 22.5 Å². The Morgan fingerprint density at radius 1 is 1.18 bits per heavy atom. The first kappa shape index (κ1) is 9.84. The minimum absolute atomic E-state index is 0.950. The molecule has 0 atom stereocenters. The number of fused-ring (bicyclic) bond motifs is 1. The monoisotopic (exact) mass is 224 g/mol. The molecule has 0 aromatic carbocycles. The molecule has 0 aliphatic carbocycles. The third-order valence-corrected chi connectivity index (χ3v) is 2.75. The van der Waals surface area contributed by atoms with Gasteiger partial charge in [0, 0.05) is 49.2 Å². The maximum Gasteiger partial charge on any atom is 0.136 e. The molecule has 0 aliphatic heterocycles. The predicted octanol–water partition coefficient (Wildman–Crippen LogP) is 2.44. The quantitative estimate of drug-likeness (QED) is 0.727. The van der Waals surface area contributed by atoms with Gasteiger partial charge >= 0.3 is 0 Å². The third kappa shape index (κ3) is 1.73. The number of aromatic nitrogens is 3. The Kier molecular flexibility index (Phi) is 2.26. The smallest absolute Gasteiger partial charge is 0.136 e. The fraction of sp³-hybridized carbons (Fsp3) is 0.0769. The summed E-state index contributed by atoms with van der Waals surface area (Å²) in [7, 11) is 1.89. The van der Waals surface area contributed by atoms with Crippen LogP contribution in [-0.2, 0) is 0 Å². The summed E-state index contributed by atoms with van der Waals surface area (Å²) in [5, 5.41) is 3.09. The van der Waals surface area contributed by atoms with Crippen LogP contribution in [0.4, 0.5) is 5.69 Å². The van der Waals surface area contributed by atoms with Gasteiger partial charge in [-0.05, 0) is 18.2 Å². The molecule has 4 nitrogen and oxygen atoms in total. The zero-order valence-electron chi connectivity index (χ0n) is 9.46. The number of nitrogens with zero attached hydrogens (tertiary/aromatic N) is 3. The van der Waals surface area contributed by atoms with E-state index < -0.39 is 0 Å². The highest BCUT2D eigenvalue weighted by molar-refractivity contribution is 5.67. The lowest BCUT2D eigenvalue weighted by Crippen LogP contribution is -1.91. The average molecular weight is 224 g/mol. The lowest BCUT2D eigenvalue weighted by Gasteiger charge is -2.05. The molecule has 0 bridgehead atoms. The van der Waals surface area contributed by atoms with Crippen LogP contribution in [-0.4, -0.2) is 21.4 Å².